The van der Waals surface area contributed by atoms with E-state index < -0.39 is 0 Å². The Kier molecular flexibility index (Phi) is 5.23. The van der Waals surface area contributed by atoms with Gasteiger partial charge in [0.15, 0.2) is 10.9 Å². The lowest BCUT2D eigenvalue weighted by atomic mass is 10.1. The minimum absolute atomic E-state index is 0.0436. The molecule has 0 fully saturated rings. The van der Waals surface area contributed by atoms with Gasteiger partial charge in [0.2, 0.25) is 0 Å². The molecule has 0 saturated heterocycles. The number of carbonyl (C=O) groups is 1. The summed E-state index contributed by atoms with van der Waals surface area (Å²) >= 11 is 13.2. The summed E-state index contributed by atoms with van der Waals surface area (Å²) < 4.78 is 1.88. The fourth-order valence-corrected chi connectivity index (χ4v) is 3.32. The monoisotopic (exact) mass is 377 g/mol. The molecule has 3 rings (SSSR count). The van der Waals surface area contributed by atoms with E-state index in [-0.39, 0.29) is 11.5 Å². The molecule has 3 aromatic rings. The highest BCUT2D eigenvalue weighted by molar-refractivity contribution is 7.99. The zero-order chi connectivity index (χ0) is 17.1. The van der Waals surface area contributed by atoms with Gasteiger partial charge in [-0.3, -0.25) is 9.36 Å². The second-order valence-electron chi connectivity index (χ2n) is 5.11. The van der Waals surface area contributed by atoms with Crippen molar-refractivity contribution in [1.82, 2.24) is 14.8 Å². The van der Waals surface area contributed by atoms with E-state index in [2.05, 4.69) is 10.2 Å². The molecule has 0 aliphatic carbocycles. The number of nitrogens with zero attached hydrogens (tertiary/aromatic N) is 3. The lowest BCUT2D eigenvalue weighted by molar-refractivity contribution is 0.102. The minimum Gasteiger partial charge on any atom is -0.293 e. The Morgan fingerprint density at radius 3 is 2.71 bits per heavy atom. The molecule has 0 amide bonds. The van der Waals surface area contributed by atoms with Crippen molar-refractivity contribution in [1.29, 1.82) is 0 Å². The first-order valence-electron chi connectivity index (χ1n) is 7.13. The molecule has 7 heteroatoms. The first-order valence-corrected chi connectivity index (χ1v) is 8.87. The summed E-state index contributed by atoms with van der Waals surface area (Å²) in [4.78, 5) is 12.3. The van der Waals surface area contributed by atoms with Crippen LogP contribution in [0.15, 0.2) is 53.9 Å². The highest BCUT2D eigenvalue weighted by Gasteiger charge is 2.13. The number of halogens is 2. The molecular formula is C17H13Cl2N3OS. The Hall–Kier alpha value is -1.82. The van der Waals surface area contributed by atoms with Gasteiger partial charge < -0.3 is 0 Å². The normalized spacial score (nSPS) is 10.8. The van der Waals surface area contributed by atoms with Crippen LogP contribution in [0.3, 0.4) is 0 Å². The van der Waals surface area contributed by atoms with Crippen LogP contribution in [0.25, 0.3) is 5.69 Å². The molecule has 0 aliphatic heterocycles. The summed E-state index contributed by atoms with van der Waals surface area (Å²) in [7, 11) is 0. The molecule has 0 spiro atoms. The molecule has 1 heterocycles. The third kappa shape index (κ3) is 3.64. The van der Waals surface area contributed by atoms with Gasteiger partial charge in [0.05, 0.1) is 21.5 Å². The molecule has 0 N–H and O–H groups in total. The lowest BCUT2D eigenvalue weighted by Gasteiger charge is -2.09. The number of para-hydroxylation sites is 1. The largest absolute Gasteiger partial charge is 0.293 e. The molecule has 24 heavy (non-hydrogen) atoms. The van der Waals surface area contributed by atoms with Crippen molar-refractivity contribution in [3.63, 3.8) is 0 Å². The molecule has 0 atom stereocenters. The van der Waals surface area contributed by atoms with E-state index in [1.54, 1.807) is 24.5 Å². The van der Waals surface area contributed by atoms with Gasteiger partial charge in [-0.1, -0.05) is 53.2 Å². The maximum atomic E-state index is 12.3. The average molecular weight is 378 g/mol. The third-order valence-electron chi connectivity index (χ3n) is 3.47. The Balaban J connectivity index is 1.76. The fourth-order valence-electron chi connectivity index (χ4n) is 2.20. The molecule has 2 aromatic carbocycles. The van der Waals surface area contributed by atoms with Crippen molar-refractivity contribution in [3.8, 4) is 5.69 Å². The van der Waals surface area contributed by atoms with E-state index in [9.17, 15) is 4.79 Å². The summed E-state index contributed by atoms with van der Waals surface area (Å²) in [5.74, 6) is 0.195. The van der Waals surface area contributed by atoms with Gasteiger partial charge in [0.1, 0.15) is 6.33 Å². The highest BCUT2D eigenvalue weighted by Crippen LogP contribution is 2.25. The maximum absolute atomic E-state index is 12.3. The van der Waals surface area contributed by atoms with E-state index in [1.807, 2.05) is 35.8 Å². The van der Waals surface area contributed by atoms with E-state index in [0.29, 0.717) is 20.8 Å². The first kappa shape index (κ1) is 17.0. The van der Waals surface area contributed by atoms with E-state index >= 15 is 0 Å². The zero-order valence-corrected chi connectivity index (χ0v) is 15.1. The maximum Gasteiger partial charge on any atom is 0.196 e. The van der Waals surface area contributed by atoms with Crippen LogP contribution >= 0.6 is 35.0 Å². The van der Waals surface area contributed by atoms with Crippen molar-refractivity contribution in [2.75, 3.05) is 5.75 Å². The minimum atomic E-state index is -0.0436. The van der Waals surface area contributed by atoms with Crippen LogP contribution in [0.2, 0.25) is 10.0 Å². The Morgan fingerprint density at radius 2 is 1.96 bits per heavy atom. The summed E-state index contributed by atoms with van der Waals surface area (Å²) in [6.07, 6.45) is 1.65. The SMILES string of the molecule is Cc1ccccc1-n1cnnc1SCC(=O)c1ccc(Cl)c(Cl)c1. The average Bonchev–Trinajstić information content (AvgIpc) is 3.04. The number of carbonyl (C=O) groups excluding carboxylic acids is 1. The van der Waals surface area contributed by atoms with Crippen LogP contribution in [-0.4, -0.2) is 26.3 Å². The number of hydrogen-bond donors (Lipinski definition) is 0. The van der Waals surface area contributed by atoms with E-state index in [1.165, 1.54) is 11.8 Å². The van der Waals surface area contributed by atoms with Gasteiger partial charge in [-0.15, -0.1) is 10.2 Å². The lowest BCUT2D eigenvalue weighted by Crippen LogP contribution is -2.04. The van der Waals surface area contributed by atoms with E-state index in [4.69, 9.17) is 23.2 Å². The molecule has 0 aliphatic rings. The predicted octanol–water partition coefficient (Wildman–Crippen LogP) is 4.86. The number of Topliss-reactive ketones (excluding diaryl/α,β-unsaturated/α-hetero) is 1. The molecular weight excluding hydrogens is 365 g/mol. The molecule has 0 radical (unpaired) electrons. The zero-order valence-electron chi connectivity index (χ0n) is 12.7. The quantitative estimate of drug-likeness (QED) is 0.470. The summed E-state index contributed by atoms with van der Waals surface area (Å²) in [6.45, 7) is 2.02. The van der Waals surface area contributed by atoms with Gasteiger partial charge in [-0.25, -0.2) is 0 Å². The summed E-state index contributed by atoms with van der Waals surface area (Å²) in [6, 6.07) is 12.8. The molecule has 0 saturated carbocycles. The van der Waals surface area contributed by atoms with Crippen LogP contribution in [0.5, 0.6) is 0 Å². The van der Waals surface area contributed by atoms with Gasteiger partial charge in [-0.2, -0.15) is 0 Å². The molecule has 4 nitrogen and oxygen atoms in total. The number of ketones is 1. The Labute approximate surface area is 153 Å². The van der Waals surface area contributed by atoms with Crippen LogP contribution in [0.1, 0.15) is 15.9 Å². The number of aromatic nitrogens is 3. The topological polar surface area (TPSA) is 47.8 Å². The van der Waals surface area contributed by atoms with Crippen LogP contribution in [-0.2, 0) is 0 Å². The summed E-state index contributed by atoms with van der Waals surface area (Å²) in [5.41, 5.74) is 2.63. The first-order chi connectivity index (χ1) is 11.6. The highest BCUT2D eigenvalue weighted by atomic mass is 35.5. The smallest absolute Gasteiger partial charge is 0.196 e. The van der Waals surface area contributed by atoms with Crippen LogP contribution < -0.4 is 0 Å². The molecule has 1 aromatic heterocycles. The second kappa shape index (κ2) is 7.38. The van der Waals surface area contributed by atoms with Crippen molar-refractivity contribution >= 4 is 40.7 Å². The van der Waals surface area contributed by atoms with E-state index in [0.717, 1.165) is 11.3 Å². The van der Waals surface area contributed by atoms with Crippen molar-refractivity contribution in [3.05, 3.63) is 70.0 Å². The fraction of sp³-hybridized carbons (Fsp3) is 0.118. The van der Waals surface area contributed by atoms with Gasteiger partial charge >= 0.3 is 0 Å². The number of hydrogen-bond acceptors (Lipinski definition) is 4. The Morgan fingerprint density at radius 1 is 1.17 bits per heavy atom. The number of benzene rings is 2. The molecule has 122 valence electrons. The third-order valence-corrected chi connectivity index (χ3v) is 5.15. The summed E-state index contributed by atoms with van der Waals surface area (Å²) in [5, 5.41) is 9.53. The second-order valence-corrected chi connectivity index (χ2v) is 6.87. The van der Waals surface area contributed by atoms with Crippen LogP contribution in [0, 0.1) is 6.92 Å². The van der Waals surface area contributed by atoms with Crippen molar-refractivity contribution < 1.29 is 4.79 Å². The van der Waals surface area contributed by atoms with Crippen molar-refractivity contribution in [2.45, 2.75) is 12.1 Å². The Bertz CT molecular complexity index is 895. The molecule has 0 bridgehead atoms. The van der Waals surface area contributed by atoms with Crippen LogP contribution in [0.4, 0.5) is 0 Å². The van der Waals surface area contributed by atoms with Gasteiger partial charge in [0.25, 0.3) is 0 Å². The van der Waals surface area contributed by atoms with Crippen molar-refractivity contribution in [2.24, 2.45) is 0 Å². The standard InChI is InChI=1S/C17H13Cl2N3OS/c1-11-4-2-3-5-15(11)22-10-20-21-17(22)24-9-16(23)12-6-7-13(18)14(19)8-12/h2-8,10H,9H2,1H3. The number of thioether (sulfide) groups is 1. The molecule has 0 unspecified atom stereocenters. The number of rotatable bonds is 5. The number of aryl methyl sites for hydroxylation is 1. The predicted molar refractivity (Wildman–Crippen MR) is 97.6 cm³/mol. The van der Waals surface area contributed by atoms with Gasteiger partial charge in [-0.05, 0) is 36.8 Å². The van der Waals surface area contributed by atoms with Gasteiger partial charge in [0, 0.05) is 5.56 Å².